The van der Waals surface area contributed by atoms with Crippen molar-refractivity contribution in [2.24, 2.45) is 0 Å². The van der Waals surface area contributed by atoms with Gasteiger partial charge in [-0.05, 0) is 0 Å². The van der Waals surface area contributed by atoms with Gasteiger partial charge in [0.15, 0.2) is 0 Å². The van der Waals surface area contributed by atoms with Crippen molar-refractivity contribution in [2.75, 3.05) is 14.2 Å². The molecule has 0 saturated heterocycles. The van der Waals surface area contributed by atoms with Crippen LogP contribution in [0.25, 0.3) is 0 Å². The van der Waals surface area contributed by atoms with E-state index in [1.54, 1.807) is 21.1 Å². The fraction of sp³-hybridized carbons (Fsp3) is 0.400. The van der Waals surface area contributed by atoms with Gasteiger partial charge in [0.1, 0.15) is 0 Å². The van der Waals surface area contributed by atoms with E-state index in [9.17, 15) is 0 Å². The van der Waals surface area contributed by atoms with Crippen LogP contribution in [0.15, 0.2) is 18.2 Å². The zero-order chi connectivity index (χ0) is 11.5. The molecule has 3 heteroatoms. The number of hydrogen-bond acceptors (Lipinski definition) is 2. The van der Waals surface area contributed by atoms with Crippen LogP contribution in [0, 0.1) is 0 Å². The third-order valence-electron chi connectivity index (χ3n) is 1.58. The predicted octanol–water partition coefficient (Wildman–Crippen LogP) is 1.47. The zero-order valence-corrected chi connectivity index (χ0v) is 9.67. The summed E-state index contributed by atoms with van der Waals surface area (Å²) >= 11 is -0.285. The van der Waals surface area contributed by atoms with Crippen molar-refractivity contribution in [2.45, 2.75) is 12.2 Å². The maximum absolute atomic E-state index is 7.57. The molecule has 0 heterocycles. The Bertz CT molecular complexity index is 337. The summed E-state index contributed by atoms with van der Waals surface area (Å²) in [4.78, 5) is 0. The van der Waals surface area contributed by atoms with Gasteiger partial charge in [-0.25, -0.2) is 0 Å². The summed E-state index contributed by atoms with van der Waals surface area (Å²) in [5.74, 6) is 1.30. The summed E-state index contributed by atoms with van der Waals surface area (Å²) in [6.45, 7) is 1.58. The van der Waals surface area contributed by atoms with Crippen molar-refractivity contribution in [3.63, 3.8) is 0 Å². The Balaban J connectivity index is 3.06. The first-order chi connectivity index (χ1) is 6.98. The molecule has 1 aromatic rings. The number of ether oxygens (including phenoxy) is 2. The molecule has 0 amide bonds. The van der Waals surface area contributed by atoms with Gasteiger partial charge in [0.05, 0.1) is 0 Å². The average molecular weight is 246 g/mol. The topological polar surface area (TPSA) is 18.5 Å². The van der Waals surface area contributed by atoms with E-state index in [1.807, 2.05) is 18.2 Å². The third kappa shape index (κ3) is 2.39. The van der Waals surface area contributed by atoms with Crippen LogP contribution in [-0.4, -0.2) is 29.2 Å². The molecular formula is C10H14O2Se. The third-order valence-corrected chi connectivity index (χ3v) is 3.14. The van der Waals surface area contributed by atoms with E-state index in [1.165, 1.54) is 0 Å². The van der Waals surface area contributed by atoms with Gasteiger partial charge in [0, 0.05) is 0 Å². The van der Waals surface area contributed by atoms with Gasteiger partial charge in [-0.3, -0.25) is 0 Å². The van der Waals surface area contributed by atoms with Crippen molar-refractivity contribution < 1.29 is 12.2 Å². The van der Waals surface area contributed by atoms with Gasteiger partial charge < -0.3 is 0 Å². The summed E-state index contributed by atoms with van der Waals surface area (Å²) < 4.78 is 26.4. The van der Waals surface area contributed by atoms with Gasteiger partial charge >= 0.3 is 87.7 Å². The van der Waals surface area contributed by atoms with Crippen LogP contribution in [0.4, 0.5) is 0 Å². The second-order valence-corrected chi connectivity index (χ2v) is 4.51. The Labute approximate surface area is 88.2 Å². The minimum absolute atomic E-state index is 0.285. The fourth-order valence-electron chi connectivity index (χ4n) is 1.05. The van der Waals surface area contributed by atoms with Gasteiger partial charge in [-0.15, -0.1) is 0 Å². The molecule has 1 rings (SSSR count). The Morgan fingerprint density at radius 2 is 2.31 bits per heavy atom. The second-order valence-electron chi connectivity index (χ2n) is 2.30. The molecular weight excluding hydrogens is 231 g/mol. The van der Waals surface area contributed by atoms with Gasteiger partial charge in [-0.2, -0.15) is 0 Å². The average Bonchev–Trinajstić information content (AvgIpc) is 2.15. The van der Waals surface area contributed by atoms with E-state index in [2.05, 4.69) is 0 Å². The van der Waals surface area contributed by atoms with Crippen LogP contribution in [0.1, 0.15) is 9.67 Å². The summed E-state index contributed by atoms with van der Waals surface area (Å²) in [7, 11) is 3.15. The molecule has 0 aliphatic rings. The molecule has 0 radical (unpaired) electrons. The molecule has 0 bridgehead atoms. The molecule has 0 N–H and O–H groups in total. The Morgan fingerprint density at radius 1 is 1.54 bits per heavy atom. The van der Waals surface area contributed by atoms with Crippen LogP contribution in [0.3, 0.4) is 0 Å². The van der Waals surface area contributed by atoms with E-state index >= 15 is 0 Å². The van der Waals surface area contributed by atoms with Crippen molar-refractivity contribution in [1.82, 2.24) is 0 Å². The Kier molecular flexibility index (Phi) is 3.06. The second kappa shape index (κ2) is 5.15. The van der Waals surface area contributed by atoms with Crippen LogP contribution < -0.4 is 13.9 Å². The summed E-state index contributed by atoms with van der Waals surface area (Å²) in [6.07, 6.45) is 0. The first-order valence-electron chi connectivity index (χ1n) is 4.88. The standard InChI is InChI=1S/C10H14O2Se/c1-4-13-9-7-5-6-8(11-2)10(9)12-3/h5-7H,4H2,1-3H3/i4DH/t4-/m1/s1. The minimum atomic E-state index is -1.19. The van der Waals surface area contributed by atoms with E-state index in [0.717, 1.165) is 4.46 Å². The fourth-order valence-corrected chi connectivity index (χ4v) is 2.40. The Hall–Kier alpha value is -0.661. The molecule has 0 fully saturated rings. The van der Waals surface area contributed by atoms with Crippen molar-refractivity contribution in [3.8, 4) is 11.5 Å². The number of para-hydroxylation sites is 1. The molecule has 72 valence electrons. The number of hydrogen-bond donors (Lipinski definition) is 0. The van der Waals surface area contributed by atoms with Gasteiger partial charge in [-0.1, -0.05) is 0 Å². The summed E-state index contributed by atoms with van der Waals surface area (Å²) in [6, 6.07) is 5.54. The number of methoxy groups -OCH3 is 2. The molecule has 0 aromatic heterocycles. The Morgan fingerprint density at radius 3 is 2.85 bits per heavy atom. The zero-order valence-electron chi connectivity index (χ0n) is 9.96. The normalized spacial score (nSPS) is 16.8. The summed E-state index contributed by atoms with van der Waals surface area (Å²) in [5, 5.41) is -1.19. The van der Waals surface area contributed by atoms with E-state index < -0.39 is 5.27 Å². The van der Waals surface area contributed by atoms with E-state index in [0.29, 0.717) is 11.5 Å². The number of benzene rings is 1. The molecule has 0 spiro atoms. The van der Waals surface area contributed by atoms with Crippen molar-refractivity contribution in [3.05, 3.63) is 18.2 Å². The molecule has 13 heavy (non-hydrogen) atoms. The quantitative estimate of drug-likeness (QED) is 0.749. The van der Waals surface area contributed by atoms with Crippen molar-refractivity contribution in [1.29, 1.82) is 0 Å². The molecule has 2 nitrogen and oxygen atoms in total. The van der Waals surface area contributed by atoms with Gasteiger partial charge in [0.2, 0.25) is 0 Å². The molecule has 0 aliphatic heterocycles. The van der Waals surface area contributed by atoms with Crippen LogP contribution >= 0.6 is 0 Å². The van der Waals surface area contributed by atoms with E-state index in [4.69, 9.17) is 12.2 Å². The van der Waals surface area contributed by atoms with Crippen LogP contribution in [-0.2, 0) is 0 Å². The predicted molar refractivity (Wildman–Crippen MR) is 55.4 cm³/mol. The summed E-state index contributed by atoms with van der Waals surface area (Å²) in [5.41, 5.74) is 0. The van der Waals surface area contributed by atoms with Crippen LogP contribution in [0.5, 0.6) is 11.5 Å². The van der Waals surface area contributed by atoms with Gasteiger partial charge in [0.25, 0.3) is 0 Å². The first kappa shape index (κ1) is 7.72. The monoisotopic (exact) mass is 247 g/mol. The van der Waals surface area contributed by atoms with E-state index in [-0.39, 0.29) is 15.0 Å². The maximum atomic E-state index is 7.57. The SMILES string of the molecule is [1H][C@@]([2H])(C)[Se]c1cccc(OC)c1OC. The molecule has 1 atom stereocenters. The molecule has 1 aromatic carbocycles. The first-order valence-corrected chi connectivity index (χ1v) is 5.59. The number of rotatable bonds is 4. The van der Waals surface area contributed by atoms with Crippen LogP contribution in [0.2, 0.25) is 5.27 Å². The molecule has 0 unspecified atom stereocenters. The molecule has 0 saturated carbocycles. The van der Waals surface area contributed by atoms with Crippen molar-refractivity contribution >= 4 is 19.4 Å². The molecule has 0 aliphatic carbocycles.